The van der Waals surface area contributed by atoms with Gasteiger partial charge < -0.3 is 15.1 Å². The summed E-state index contributed by atoms with van der Waals surface area (Å²) in [6, 6.07) is 6.72. The smallest absolute Gasteiger partial charge is 0.318 e. The van der Waals surface area contributed by atoms with Crippen LogP contribution in [0.4, 0.5) is 5.69 Å². The van der Waals surface area contributed by atoms with E-state index in [2.05, 4.69) is 30.9 Å². The molecule has 0 bridgehead atoms. The Morgan fingerprint density at radius 1 is 1.06 bits per heavy atom. The summed E-state index contributed by atoms with van der Waals surface area (Å²) in [6.07, 6.45) is 2.46. The Hall–Kier alpha value is -1.14. The van der Waals surface area contributed by atoms with E-state index in [1.807, 2.05) is 39.9 Å². The molecular weight excluding hydrogens is 684 g/mol. The van der Waals surface area contributed by atoms with Crippen LogP contribution in [0.3, 0.4) is 0 Å². The fraction of sp³-hybridized carbons (Fsp3) is 0.636. The third-order valence-corrected chi connectivity index (χ3v) is 7.49. The molecule has 196 valence electrons. The van der Waals surface area contributed by atoms with Crippen molar-refractivity contribution < 1.29 is 24.7 Å². The van der Waals surface area contributed by atoms with Gasteiger partial charge in [-0.3, -0.25) is 24.6 Å². The van der Waals surface area contributed by atoms with Crippen LogP contribution in [0.15, 0.2) is 24.3 Å². The number of carboxylic acid groups (broad SMARTS) is 2. The van der Waals surface area contributed by atoms with Crippen molar-refractivity contribution in [3.63, 3.8) is 0 Å². The first-order valence-electron chi connectivity index (χ1n) is 11.6. The monoisotopic (exact) mass is 717 g/mol. The van der Waals surface area contributed by atoms with E-state index in [-0.39, 0.29) is 24.7 Å². The number of carboxylic acids is 2. The summed E-state index contributed by atoms with van der Waals surface area (Å²) in [7, 11) is 0. The first-order chi connectivity index (χ1) is 16.6. The number of hydrogen-bond donors (Lipinski definition) is 2. The number of nitro benzene ring substituents is 1. The van der Waals surface area contributed by atoms with Crippen molar-refractivity contribution in [2.24, 2.45) is 5.92 Å². The molecule has 1 saturated heterocycles. The maximum atomic E-state index is 11.3. The van der Waals surface area contributed by atoms with Crippen LogP contribution < -0.4 is 0 Å². The van der Waals surface area contributed by atoms with Gasteiger partial charge in [-0.2, -0.15) is 0 Å². The van der Waals surface area contributed by atoms with Gasteiger partial charge in [0.1, 0.15) is 6.54 Å². The number of carbonyl (C=O) groups is 2. The third kappa shape index (κ3) is 12.6. The average molecular weight is 717 g/mol. The van der Waals surface area contributed by atoms with Gasteiger partial charge in [-0.05, 0) is 37.3 Å². The summed E-state index contributed by atoms with van der Waals surface area (Å²) < 4.78 is 4.00. The lowest BCUT2D eigenvalue weighted by molar-refractivity contribution is -0.384. The van der Waals surface area contributed by atoms with E-state index in [9.17, 15) is 24.8 Å². The van der Waals surface area contributed by atoms with E-state index >= 15 is 0 Å². The molecule has 11 nitrogen and oxygen atoms in total. The van der Waals surface area contributed by atoms with E-state index in [0.29, 0.717) is 19.6 Å². The van der Waals surface area contributed by atoms with Crippen molar-refractivity contribution in [1.29, 1.82) is 0 Å². The zero-order chi connectivity index (χ0) is 25.8. The van der Waals surface area contributed by atoms with Gasteiger partial charge in [0.05, 0.1) is 11.5 Å². The number of non-ortho nitro benzene ring substituents is 1. The number of rotatable bonds is 11. The molecule has 0 aromatic heterocycles. The van der Waals surface area contributed by atoms with Gasteiger partial charge in [-0.1, -0.05) is 12.1 Å². The molecule has 13 heteroatoms. The normalized spacial score (nSPS) is 19.3. The highest BCUT2D eigenvalue weighted by molar-refractivity contribution is 14.1. The number of nitro groups is 1. The van der Waals surface area contributed by atoms with E-state index in [1.165, 1.54) is 0 Å². The Balaban J connectivity index is 2.11. The van der Waals surface area contributed by atoms with Gasteiger partial charge in [0.15, 0.2) is 0 Å². The van der Waals surface area contributed by atoms with Crippen LogP contribution >= 0.6 is 45.7 Å². The molecule has 2 N–H and O–H groups in total. The number of aliphatic carboxylic acids is 2. The van der Waals surface area contributed by atoms with Crippen molar-refractivity contribution in [1.82, 2.24) is 16.0 Å². The molecule has 0 saturated carbocycles. The van der Waals surface area contributed by atoms with Gasteiger partial charge in [0, 0.05) is 104 Å². The Morgan fingerprint density at radius 2 is 1.74 bits per heavy atom. The highest BCUT2D eigenvalue weighted by Gasteiger charge is 2.21. The summed E-state index contributed by atoms with van der Waals surface area (Å²) in [6.45, 7) is 6.03. The second-order valence-corrected chi connectivity index (χ2v) is 11.5. The largest absolute Gasteiger partial charge is 0.480 e. The van der Waals surface area contributed by atoms with E-state index in [1.54, 1.807) is 15.2 Å². The molecule has 1 aromatic carbocycles. The molecule has 1 aromatic rings. The van der Waals surface area contributed by atoms with Crippen LogP contribution in [-0.4, -0.2) is 109 Å². The van der Waals surface area contributed by atoms with E-state index in [0.717, 1.165) is 57.5 Å². The predicted molar refractivity (Wildman–Crippen MR) is 149 cm³/mol. The van der Waals surface area contributed by atoms with Crippen LogP contribution in [-0.2, 0) is 16.0 Å². The first kappa shape index (κ1) is 30.1. The molecule has 0 amide bonds. The van der Waals surface area contributed by atoms with Gasteiger partial charge in [0.2, 0.25) is 0 Å². The second-order valence-electron chi connectivity index (χ2n) is 8.78. The summed E-state index contributed by atoms with van der Waals surface area (Å²) in [5, 5.41) is 29.3. The molecule has 1 fully saturated rings. The van der Waals surface area contributed by atoms with Crippen LogP contribution in [0.5, 0.6) is 0 Å². The fourth-order valence-electron chi connectivity index (χ4n) is 4.21. The molecule has 1 aliphatic rings. The first-order valence-corrected chi connectivity index (χ1v) is 13.5. The minimum atomic E-state index is -0.857. The Morgan fingerprint density at radius 3 is 2.37 bits per heavy atom. The fourth-order valence-corrected chi connectivity index (χ4v) is 5.74. The highest BCUT2D eigenvalue weighted by Crippen LogP contribution is 2.19. The topological polar surface area (TPSA) is 131 Å². The standard InChI is InChI=1S/C22H33I2N5O6/c23-27-9-2-8-26(16-21(30)31)12-11-25(7-1-10-28(24)17-22(32)33)14-19(15-27)13-18-3-5-20(6-4-18)29(34)35/h3-6,19H,1-2,7-17H2,(H,30,31)(H,32,33). The number of benzene rings is 1. The molecule has 1 unspecified atom stereocenters. The zero-order valence-corrected chi connectivity index (χ0v) is 23.9. The number of hydrogen-bond acceptors (Lipinski definition) is 8. The zero-order valence-electron chi connectivity index (χ0n) is 19.6. The summed E-state index contributed by atoms with van der Waals surface area (Å²) in [4.78, 5) is 37.2. The van der Waals surface area contributed by atoms with Crippen LogP contribution in [0, 0.1) is 16.0 Å². The molecular formula is C22H33I2N5O6. The van der Waals surface area contributed by atoms with Crippen molar-refractivity contribution in [3.8, 4) is 0 Å². The van der Waals surface area contributed by atoms with Gasteiger partial charge in [0.25, 0.3) is 5.69 Å². The van der Waals surface area contributed by atoms with Gasteiger partial charge in [-0.15, -0.1) is 0 Å². The predicted octanol–water partition coefficient (Wildman–Crippen LogP) is 2.62. The highest BCUT2D eigenvalue weighted by atomic mass is 127. The van der Waals surface area contributed by atoms with Crippen LogP contribution in [0.2, 0.25) is 0 Å². The molecule has 0 radical (unpaired) electrons. The molecule has 35 heavy (non-hydrogen) atoms. The molecule has 1 aliphatic heterocycles. The molecule has 0 spiro atoms. The van der Waals surface area contributed by atoms with E-state index < -0.39 is 16.9 Å². The SMILES string of the molecule is O=C(O)CN(I)CCCN1CCN(CC(=O)O)CCCN(I)CC(Cc2ccc([N+](=O)[O-])cc2)C1. The Bertz CT molecular complexity index is 831. The molecule has 2 rings (SSSR count). The lowest BCUT2D eigenvalue weighted by Gasteiger charge is -2.30. The van der Waals surface area contributed by atoms with Crippen LogP contribution in [0.1, 0.15) is 18.4 Å². The van der Waals surface area contributed by atoms with Gasteiger partial charge >= 0.3 is 11.9 Å². The molecule has 1 atom stereocenters. The van der Waals surface area contributed by atoms with Crippen molar-refractivity contribution in [2.75, 3.05) is 65.4 Å². The van der Waals surface area contributed by atoms with E-state index in [4.69, 9.17) is 5.11 Å². The third-order valence-electron chi connectivity index (χ3n) is 5.79. The maximum Gasteiger partial charge on any atom is 0.318 e. The average Bonchev–Trinajstić information content (AvgIpc) is 2.78. The maximum absolute atomic E-state index is 11.3. The van der Waals surface area contributed by atoms with Gasteiger partial charge in [-0.25, -0.2) is 6.23 Å². The molecule has 1 heterocycles. The number of nitrogens with zero attached hydrogens (tertiary/aromatic N) is 5. The quantitative estimate of drug-likeness (QED) is 0.153. The van der Waals surface area contributed by atoms with Crippen LogP contribution in [0.25, 0.3) is 0 Å². The van der Waals surface area contributed by atoms with Crippen molar-refractivity contribution >= 4 is 63.4 Å². The Kier molecular flexibility index (Phi) is 13.6. The molecule has 0 aliphatic carbocycles. The number of halogens is 2. The summed E-state index contributed by atoms with van der Waals surface area (Å²) in [5.41, 5.74) is 1.13. The summed E-state index contributed by atoms with van der Waals surface area (Å²) >= 11 is 4.36. The minimum Gasteiger partial charge on any atom is -0.480 e. The lowest BCUT2D eigenvalue weighted by atomic mass is 9.98. The summed E-state index contributed by atoms with van der Waals surface area (Å²) in [5.74, 6) is -1.40. The van der Waals surface area contributed by atoms with Crippen molar-refractivity contribution in [2.45, 2.75) is 19.3 Å². The lowest BCUT2D eigenvalue weighted by Crippen LogP contribution is -2.41. The second kappa shape index (κ2) is 15.9. The Labute approximate surface area is 233 Å². The van der Waals surface area contributed by atoms with Crippen molar-refractivity contribution in [3.05, 3.63) is 39.9 Å². The minimum absolute atomic E-state index is 0.0144.